The normalized spacial score (nSPS) is 15.2. The zero-order valence-corrected chi connectivity index (χ0v) is 7.54. The molecule has 0 aliphatic carbocycles. The summed E-state index contributed by atoms with van der Waals surface area (Å²) in [5.41, 5.74) is 9.62. The summed E-state index contributed by atoms with van der Waals surface area (Å²) in [4.78, 5) is 0. The van der Waals surface area contributed by atoms with Crippen LogP contribution >= 0.6 is 0 Å². The minimum atomic E-state index is 1.10. The minimum Gasteiger partial charge on any atom is -0.305 e. The molecule has 13 heavy (non-hydrogen) atoms. The summed E-state index contributed by atoms with van der Waals surface area (Å²) in [6, 6.07) is 10.2. The number of hydrogen-bond acceptors (Lipinski definition) is 2. The topological polar surface area (TPSA) is 24.1 Å². The van der Waals surface area contributed by atoms with Gasteiger partial charge in [-0.1, -0.05) is 30.3 Å². The second-order valence-electron chi connectivity index (χ2n) is 3.05. The van der Waals surface area contributed by atoms with Gasteiger partial charge in [0, 0.05) is 5.70 Å². The molecule has 1 heterocycles. The van der Waals surface area contributed by atoms with Crippen molar-refractivity contribution < 1.29 is 0 Å². The lowest BCUT2D eigenvalue weighted by molar-refractivity contribution is 0.736. The molecule has 2 nitrogen and oxygen atoms in total. The first-order valence-corrected chi connectivity index (χ1v) is 4.32. The SMILES string of the molecule is CC1=CC=C(c2ccccc2)NN1. The van der Waals surface area contributed by atoms with Crippen molar-refractivity contribution in [3.05, 3.63) is 53.7 Å². The maximum Gasteiger partial charge on any atom is 0.0612 e. The van der Waals surface area contributed by atoms with E-state index in [1.807, 2.05) is 25.1 Å². The third-order valence-corrected chi connectivity index (χ3v) is 1.98. The first kappa shape index (κ1) is 7.92. The molecule has 1 aliphatic rings. The van der Waals surface area contributed by atoms with Gasteiger partial charge in [0.05, 0.1) is 5.70 Å². The average molecular weight is 172 g/mol. The molecule has 0 spiro atoms. The van der Waals surface area contributed by atoms with E-state index in [4.69, 9.17) is 0 Å². The molecule has 2 heteroatoms. The van der Waals surface area contributed by atoms with Crippen LogP contribution in [0.3, 0.4) is 0 Å². The van der Waals surface area contributed by atoms with E-state index in [1.54, 1.807) is 0 Å². The Bertz CT molecular complexity index is 350. The van der Waals surface area contributed by atoms with Crippen LogP contribution in [0.4, 0.5) is 0 Å². The van der Waals surface area contributed by atoms with Gasteiger partial charge in [0.25, 0.3) is 0 Å². The van der Waals surface area contributed by atoms with Crippen LogP contribution in [0.25, 0.3) is 5.70 Å². The minimum absolute atomic E-state index is 1.10. The first-order valence-electron chi connectivity index (χ1n) is 4.32. The summed E-state index contributed by atoms with van der Waals surface area (Å²) in [6.45, 7) is 2.02. The van der Waals surface area contributed by atoms with Gasteiger partial charge in [0.2, 0.25) is 0 Å². The number of hydrogen-bond donors (Lipinski definition) is 2. The Labute approximate surface area is 77.9 Å². The van der Waals surface area contributed by atoms with E-state index in [2.05, 4.69) is 35.1 Å². The van der Waals surface area contributed by atoms with Crippen molar-refractivity contribution >= 4 is 5.70 Å². The van der Waals surface area contributed by atoms with Crippen LogP contribution in [0.1, 0.15) is 12.5 Å². The number of rotatable bonds is 1. The number of benzene rings is 1. The van der Waals surface area contributed by atoms with Gasteiger partial charge < -0.3 is 10.9 Å². The van der Waals surface area contributed by atoms with E-state index >= 15 is 0 Å². The van der Waals surface area contributed by atoms with Gasteiger partial charge in [-0.3, -0.25) is 0 Å². The average Bonchev–Trinajstić information content (AvgIpc) is 2.20. The fourth-order valence-electron chi connectivity index (χ4n) is 1.24. The fraction of sp³-hybridized carbons (Fsp3) is 0.0909. The van der Waals surface area contributed by atoms with Crippen molar-refractivity contribution in [2.75, 3.05) is 0 Å². The van der Waals surface area contributed by atoms with E-state index < -0.39 is 0 Å². The van der Waals surface area contributed by atoms with Gasteiger partial charge in [0.1, 0.15) is 0 Å². The number of hydrazine groups is 1. The zero-order valence-electron chi connectivity index (χ0n) is 7.54. The second kappa shape index (κ2) is 3.35. The molecule has 0 atom stereocenters. The largest absolute Gasteiger partial charge is 0.305 e. The molecular formula is C11H12N2. The smallest absolute Gasteiger partial charge is 0.0612 e. The molecule has 0 saturated heterocycles. The molecule has 0 saturated carbocycles. The summed E-state index contributed by atoms with van der Waals surface area (Å²) >= 11 is 0. The van der Waals surface area contributed by atoms with Crippen LogP contribution in [0.2, 0.25) is 0 Å². The molecule has 2 N–H and O–H groups in total. The predicted molar refractivity (Wildman–Crippen MR) is 54.4 cm³/mol. The molecule has 0 radical (unpaired) electrons. The van der Waals surface area contributed by atoms with Gasteiger partial charge >= 0.3 is 0 Å². The third kappa shape index (κ3) is 1.72. The molecule has 1 aromatic rings. The van der Waals surface area contributed by atoms with Crippen LogP contribution in [-0.4, -0.2) is 0 Å². The highest BCUT2D eigenvalue weighted by Crippen LogP contribution is 2.12. The van der Waals surface area contributed by atoms with E-state index in [9.17, 15) is 0 Å². The van der Waals surface area contributed by atoms with E-state index in [0.29, 0.717) is 0 Å². The summed E-state index contributed by atoms with van der Waals surface area (Å²) in [7, 11) is 0. The Hall–Kier alpha value is -1.70. The van der Waals surface area contributed by atoms with Crippen LogP contribution in [0, 0.1) is 0 Å². The van der Waals surface area contributed by atoms with Gasteiger partial charge in [-0.25, -0.2) is 0 Å². The lowest BCUT2D eigenvalue weighted by Crippen LogP contribution is -2.30. The molecule has 0 unspecified atom stereocenters. The van der Waals surface area contributed by atoms with Crippen LogP contribution in [0.15, 0.2) is 48.2 Å². The van der Waals surface area contributed by atoms with Gasteiger partial charge in [-0.2, -0.15) is 0 Å². The molecule has 0 fully saturated rings. The van der Waals surface area contributed by atoms with Crippen LogP contribution < -0.4 is 10.9 Å². The molecular weight excluding hydrogens is 160 g/mol. The van der Waals surface area contributed by atoms with E-state index in [-0.39, 0.29) is 0 Å². The standard InChI is InChI=1S/C11H12N2/c1-9-7-8-11(13-12-9)10-5-3-2-4-6-10/h2-8,12-13H,1H3. The molecule has 66 valence electrons. The lowest BCUT2D eigenvalue weighted by atomic mass is 10.1. The van der Waals surface area contributed by atoms with E-state index in [0.717, 1.165) is 11.4 Å². The Morgan fingerprint density at radius 1 is 0.923 bits per heavy atom. The molecule has 1 aromatic carbocycles. The lowest BCUT2D eigenvalue weighted by Gasteiger charge is -2.17. The number of allylic oxidation sites excluding steroid dienone is 3. The quantitative estimate of drug-likeness (QED) is 0.677. The Morgan fingerprint density at radius 3 is 2.31 bits per heavy atom. The van der Waals surface area contributed by atoms with Crippen molar-refractivity contribution in [2.45, 2.75) is 6.92 Å². The highest BCUT2D eigenvalue weighted by molar-refractivity contribution is 5.66. The monoisotopic (exact) mass is 172 g/mol. The number of nitrogens with one attached hydrogen (secondary N) is 2. The van der Waals surface area contributed by atoms with E-state index in [1.165, 1.54) is 5.56 Å². The van der Waals surface area contributed by atoms with Crippen LogP contribution in [-0.2, 0) is 0 Å². The summed E-state index contributed by atoms with van der Waals surface area (Å²) in [5, 5.41) is 0. The molecule has 0 bridgehead atoms. The second-order valence-corrected chi connectivity index (χ2v) is 3.05. The van der Waals surface area contributed by atoms with Crippen molar-refractivity contribution in [3.8, 4) is 0 Å². The van der Waals surface area contributed by atoms with Crippen molar-refractivity contribution in [1.82, 2.24) is 10.9 Å². The predicted octanol–water partition coefficient (Wildman–Crippen LogP) is 2.04. The molecule has 2 rings (SSSR count). The van der Waals surface area contributed by atoms with Crippen LogP contribution in [0.5, 0.6) is 0 Å². The maximum atomic E-state index is 3.13. The Balaban J connectivity index is 2.29. The summed E-state index contributed by atoms with van der Waals surface area (Å²) in [6.07, 6.45) is 4.12. The van der Waals surface area contributed by atoms with Crippen molar-refractivity contribution in [3.63, 3.8) is 0 Å². The third-order valence-electron chi connectivity index (χ3n) is 1.98. The highest BCUT2D eigenvalue weighted by atomic mass is 15.4. The summed E-state index contributed by atoms with van der Waals surface area (Å²) in [5.74, 6) is 0. The maximum absolute atomic E-state index is 3.13. The summed E-state index contributed by atoms with van der Waals surface area (Å²) < 4.78 is 0. The Morgan fingerprint density at radius 2 is 1.69 bits per heavy atom. The fourth-order valence-corrected chi connectivity index (χ4v) is 1.24. The van der Waals surface area contributed by atoms with Gasteiger partial charge in [-0.05, 0) is 24.6 Å². The van der Waals surface area contributed by atoms with Crippen molar-refractivity contribution in [2.24, 2.45) is 0 Å². The highest BCUT2D eigenvalue weighted by Gasteiger charge is 2.02. The molecule has 1 aliphatic heterocycles. The van der Waals surface area contributed by atoms with Gasteiger partial charge in [-0.15, -0.1) is 0 Å². The first-order chi connectivity index (χ1) is 6.36. The molecule has 0 aromatic heterocycles. The van der Waals surface area contributed by atoms with Crippen molar-refractivity contribution in [1.29, 1.82) is 0 Å². The Kier molecular flexibility index (Phi) is 2.04. The zero-order chi connectivity index (χ0) is 9.10. The molecule has 0 amide bonds. The van der Waals surface area contributed by atoms with Gasteiger partial charge in [0.15, 0.2) is 0 Å².